The van der Waals surface area contributed by atoms with Crippen LogP contribution < -0.4 is 0 Å². The van der Waals surface area contributed by atoms with Crippen LogP contribution in [0.4, 0.5) is 0 Å². The van der Waals surface area contributed by atoms with Gasteiger partial charge in [0.2, 0.25) is 0 Å². The van der Waals surface area contributed by atoms with Crippen molar-refractivity contribution in [1.82, 2.24) is 4.90 Å². The number of nitrogens with zero attached hydrogens (tertiary/aromatic N) is 1. The molecule has 3 rings (SSSR count). The van der Waals surface area contributed by atoms with Gasteiger partial charge < -0.3 is 5.11 Å². The number of hydrogen-bond donors (Lipinski definition) is 1. The van der Waals surface area contributed by atoms with Gasteiger partial charge in [-0.1, -0.05) is 25.7 Å². The summed E-state index contributed by atoms with van der Waals surface area (Å²) in [4.78, 5) is 13.2. The summed E-state index contributed by atoms with van der Waals surface area (Å²) in [5.41, 5.74) is 0. The zero-order chi connectivity index (χ0) is 10.8. The third-order valence-corrected chi connectivity index (χ3v) is 4.23. The molecular formula is C12H21NO2. The van der Waals surface area contributed by atoms with Gasteiger partial charge >= 0.3 is 5.97 Å². The molecule has 0 aromatic heterocycles. The first-order valence-electron chi connectivity index (χ1n) is 6.10. The Bertz CT molecular complexity index is 234. The van der Waals surface area contributed by atoms with Crippen LogP contribution in [0.1, 0.15) is 38.5 Å². The molecule has 2 heterocycles. The van der Waals surface area contributed by atoms with Crippen molar-refractivity contribution < 1.29 is 9.90 Å². The molecular weight excluding hydrogens is 190 g/mol. The van der Waals surface area contributed by atoms with Crippen molar-refractivity contribution >= 4 is 5.97 Å². The largest absolute Gasteiger partial charge is 0.480 e. The van der Waals surface area contributed by atoms with Gasteiger partial charge in [0.25, 0.3) is 0 Å². The first-order chi connectivity index (χ1) is 7.16. The predicted molar refractivity (Wildman–Crippen MR) is 58.7 cm³/mol. The van der Waals surface area contributed by atoms with Crippen LogP contribution in [0.15, 0.2) is 0 Å². The van der Waals surface area contributed by atoms with Crippen LogP contribution in [0.2, 0.25) is 0 Å². The second kappa shape index (κ2) is 4.52. The molecule has 1 aliphatic carbocycles. The van der Waals surface area contributed by atoms with Crippen LogP contribution in [-0.2, 0) is 4.79 Å². The Balaban J connectivity index is 2.08. The summed E-state index contributed by atoms with van der Waals surface area (Å²) in [6, 6.07) is -0.244. The number of likely N-dealkylation sites (N-methyl/N-ethyl adjacent to an activating group) is 1. The van der Waals surface area contributed by atoms with Gasteiger partial charge in [-0.05, 0) is 38.3 Å². The summed E-state index contributed by atoms with van der Waals surface area (Å²) < 4.78 is 0. The van der Waals surface area contributed by atoms with E-state index in [9.17, 15) is 9.90 Å². The summed E-state index contributed by atoms with van der Waals surface area (Å²) in [5.74, 6) is 0.877. The molecule has 0 aromatic rings. The summed E-state index contributed by atoms with van der Waals surface area (Å²) >= 11 is 0. The fourth-order valence-electron chi connectivity index (χ4n) is 3.08. The van der Waals surface area contributed by atoms with Crippen LogP contribution in [-0.4, -0.2) is 35.6 Å². The molecule has 0 radical (unpaired) electrons. The lowest BCUT2D eigenvalue weighted by atomic mass is 9.79. The maximum absolute atomic E-state index is 11.2. The van der Waals surface area contributed by atoms with Gasteiger partial charge in [0.15, 0.2) is 0 Å². The molecule has 0 amide bonds. The molecule has 3 fully saturated rings. The molecule has 3 nitrogen and oxygen atoms in total. The number of carboxylic acids is 1. The maximum Gasteiger partial charge on any atom is 0.320 e. The van der Waals surface area contributed by atoms with E-state index in [4.69, 9.17) is 0 Å². The fourth-order valence-corrected chi connectivity index (χ4v) is 3.08. The van der Waals surface area contributed by atoms with E-state index >= 15 is 0 Å². The number of carbonyl (C=O) groups is 1. The molecule has 86 valence electrons. The van der Waals surface area contributed by atoms with Crippen LogP contribution in [0, 0.1) is 11.8 Å². The molecule has 0 spiro atoms. The standard InChI is InChI=1S/C12H21NO2/c1-13-7-6-9-2-4-10(5-3-9)8-11(13)12(14)15/h9-11H,2-8H2,1H3,(H,14,15). The minimum absolute atomic E-state index is 0.244. The van der Waals surface area contributed by atoms with Crippen molar-refractivity contribution in [2.75, 3.05) is 13.6 Å². The van der Waals surface area contributed by atoms with Gasteiger partial charge in [0, 0.05) is 0 Å². The molecule has 2 saturated heterocycles. The van der Waals surface area contributed by atoms with Crippen molar-refractivity contribution in [3.05, 3.63) is 0 Å². The summed E-state index contributed by atoms with van der Waals surface area (Å²) in [7, 11) is 1.96. The van der Waals surface area contributed by atoms with Crippen LogP contribution in [0.25, 0.3) is 0 Å². The van der Waals surface area contributed by atoms with Gasteiger partial charge in [0.1, 0.15) is 6.04 Å². The van der Waals surface area contributed by atoms with Gasteiger partial charge in [-0.3, -0.25) is 9.69 Å². The Morgan fingerprint density at radius 2 is 1.73 bits per heavy atom. The van der Waals surface area contributed by atoms with Crippen LogP contribution in [0.5, 0.6) is 0 Å². The highest BCUT2D eigenvalue weighted by molar-refractivity contribution is 5.73. The second-order valence-corrected chi connectivity index (χ2v) is 5.25. The monoisotopic (exact) mass is 211 g/mol. The maximum atomic E-state index is 11.2. The lowest BCUT2D eigenvalue weighted by Crippen LogP contribution is -2.39. The smallest absolute Gasteiger partial charge is 0.320 e. The van der Waals surface area contributed by atoms with Gasteiger partial charge in [-0.25, -0.2) is 0 Å². The Kier molecular flexibility index (Phi) is 3.29. The third-order valence-electron chi connectivity index (χ3n) is 4.23. The summed E-state index contributed by atoms with van der Waals surface area (Å²) in [5, 5.41) is 9.20. The molecule has 0 aromatic carbocycles. The van der Waals surface area contributed by atoms with E-state index < -0.39 is 5.97 Å². The molecule has 1 saturated carbocycles. The predicted octanol–water partition coefficient (Wildman–Crippen LogP) is 1.97. The molecule has 3 aliphatic rings. The number of fused-ring (bicyclic) bond motifs is 6. The molecule has 15 heavy (non-hydrogen) atoms. The zero-order valence-corrected chi connectivity index (χ0v) is 9.48. The number of hydrogen-bond acceptors (Lipinski definition) is 2. The molecule has 3 heteroatoms. The van der Waals surface area contributed by atoms with E-state index in [1.165, 1.54) is 32.1 Å². The zero-order valence-electron chi connectivity index (χ0n) is 9.48. The average molecular weight is 211 g/mol. The average Bonchev–Trinajstić information content (AvgIpc) is 2.34. The number of aliphatic carboxylic acids is 1. The topological polar surface area (TPSA) is 40.5 Å². The normalized spacial score (nSPS) is 38.1. The lowest BCUT2D eigenvalue weighted by molar-refractivity contribution is -0.143. The third kappa shape index (κ3) is 2.51. The highest BCUT2D eigenvalue weighted by atomic mass is 16.4. The minimum atomic E-state index is -0.636. The molecule has 1 unspecified atom stereocenters. The Labute approximate surface area is 91.5 Å². The molecule has 2 aliphatic heterocycles. The minimum Gasteiger partial charge on any atom is -0.480 e. The fraction of sp³-hybridized carbons (Fsp3) is 0.917. The summed E-state index contributed by atoms with van der Waals surface area (Å²) in [6.07, 6.45) is 7.20. The van der Waals surface area contributed by atoms with Crippen molar-refractivity contribution in [2.24, 2.45) is 11.8 Å². The van der Waals surface area contributed by atoms with Crippen molar-refractivity contribution in [1.29, 1.82) is 0 Å². The van der Waals surface area contributed by atoms with Gasteiger partial charge in [-0.15, -0.1) is 0 Å². The first kappa shape index (κ1) is 10.9. The lowest BCUT2D eigenvalue weighted by Gasteiger charge is -2.27. The molecule has 2 bridgehead atoms. The van der Waals surface area contributed by atoms with E-state index in [0.717, 1.165) is 18.9 Å². The Hall–Kier alpha value is -0.570. The highest BCUT2D eigenvalue weighted by Gasteiger charge is 2.31. The highest BCUT2D eigenvalue weighted by Crippen LogP contribution is 2.35. The van der Waals surface area contributed by atoms with E-state index in [1.54, 1.807) is 0 Å². The SMILES string of the molecule is CN1CCC2CCC(CC2)CC1C(=O)O. The number of rotatable bonds is 1. The Morgan fingerprint density at radius 3 is 2.33 bits per heavy atom. The van der Waals surface area contributed by atoms with Gasteiger partial charge in [-0.2, -0.15) is 0 Å². The van der Waals surface area contributed by atoms with E-state index in [0.29, 0.717) is 5.92 Å². The van der Waals surface area contributed by atoms with E-state index in [1.807, 2.05) is 11.9 Å². The quantitative estimate of drug-likeness (QED) is 0.721. The molecule has 1 N–H and O–H groups in total. The second-order valence-electron chi connectivity index (χ2n) is 5.25. The molecule has 1 atom stereocenters. The number of carboxylic acid groups (broad SMARTS) is 1. The van der Waals surface area contributed by atoms with Crippen LogP contribution in [0.3, 0.4) is 0 Å². The Morgan fingerprint density at radius 1 is 1.13 bits per heavy atom. The van der Waals surface area contributed by atoms with Crippen LogP contribution >= 0.6 is 0 Å². The van der Waals surface area contributed by atoms with E-state index in [-0.39, 0.29) is 6.04 Å². The van der Waals surface area contributed by atoms with Crippen molar-refractivity contribution in [3.8, 4) is 0 Å². The van der Waals surface area contributed by atoms with E-state index in [2.05, 4.69) is 0 Å². The summed E-state index contributed by atoms with van der Waals surface area (Å²) in [6.45, 7) is 0.953. The first-order valence-corrected chi connectivity index (χ1v) is 6.10. The van der Waals surface area contributed by atoms with Crippen molar-refractivity contribution in [2.45, 2.75) is 44.6 Å². The van der Waals surface area contributed by atoms with Gasteiger partial charge in [0.05, 0.1) is 0 Å². The van der Waals surface area contributed by atoms with Crippen molar-refractivity contribution in [3.63, 3.8) is 0 Å².